The summed E-state index contributed by atoms with van der Waals surface area (Å²) in [6.07, 6.45) is 6.14. The van der Waals surface area contributed by atoms with Crippen molar-refractivity contribution in [1.82, 2.24) is 10.6 Å². The number of thioether (sulfide) groups is 1. The summed E-state index contributed by atoms with van der Waals surface area (Å²) >= 11 is 1.93. The molecule has 2 unspecified atom stereocenters. The van der Waals surface area contributed by atoms with Crippen molar-refractivity contribution >= 4 is 47.7 Å². The zero-order valence-corrected chi connectivity index (χ0v) is 14.9. The molecule has 0 saturated heterocycles. The molecule has 2 atom stereocenters. The molecule has 5 nitrogen and oxygen atoms in total. The maximum absolute atomic E-state index is 11.0. The Morgan fingerprint density at radius 2 is 2.21 bits per heavy atom. The van der Waals surface area contributed by atoms with Gasteiger partial charge in [0.1, 0.15) is 0 Å². The fraction of sp³-hybridized carbons (Fsp3) is 0.833. The molecule has 1 rings (SSSR count). The van der Waals surface area contributed by atoms with Crippen LogP contribution in [0.1, 0.15) is 25.7 Å². The summed E-state index contributed by atoms with van der Waals surface area (Å²) < 4.78 is 4.59. The van der Waals surface area contributed by atoms with Gasteiger partial charge in [0.15, 0.2) is 5.96 Å². The van der Waals surface area contributed by atoms with Gasteiger partial charge in [-0.05, 0) is 25.5 Å². The van der Waals surface area contributed by atoms with Crippen molar-refractivity contribution in [2.75, 3.05) is 27.0 Å². The van der Waals surface area contributed by atoms with Crippen molar-refractivity contribution < 1.29 is 9.53 Å². The SMILES string of the molecule is CN=C(NCCC(=O)OC)NC1CCC(SC)C1.I. The van der Waals surface area contributed by atoms with Gasteiger partial charge in [0.25, 0.3) is 0 Å². The summed E-state index contributed by atoms with van der Waals surface area (Å²) in [5.41, 5.74) is 0. The maximum atomic E-state index is 11.0. The minimum Gasteiger partial charge on any atom is -0.469 e. The van der Waals surface area contributed by atoms with E-state index in [2.05, 4.69) is 26.6 Å². The molecule has 0 aromatic heterocycles. The van der Waals surface area contributed by atoms with Crippen LogP contribution in [0.3, 0.4) is 0 Å². The van der Waals surface area contributed by atoms with Gasteiger partial charge in [0.2, 0.25) is 0 Å². The average molecular weight is 401 g/mol. The Bertz CT molecular complexity index is 303. The first-order valence-corrected chi connectivity index (χ1v) is 7.55. The molecule has 0 amide bonds. The molecular formula is C12H24IN3O2S. The van der Waals surface area contributed by atoms with Crippen molar-refractivity contribution in [2.24, 2.45) is 4.99 Å². The first-order valence-electron chi connectivity index (χ1n) is 6.26. The molecule has 0 aromatic rings. The molecular weight excluding hydrogens is 377 g/mol. The number of carbonyl (C=O) groups is 1. The van der Waals surface area contributed by atoms with Crippen LogP contribution in [0, 0.1) is 0 Å². The van der Waals surface area contributed by atoms with Gasteiger partial charge in [0, 0.05) is 24.9 Å². The van der Waals surface area contributed by atoms with Crippen LogP contribution >= 0.6 is 35.7 Å². The van der Waals surface area contributed by atoms with E-state index in [0.29, 0.717) is 19.0 Å². The highest BCUT2D eigenvalue weighted by atomic mass is 127. The Kier molecular flexibility index (Phi) is 10.5. The summed E-state index contributed by atoms with van der Waals surface area (Å²) in [4.78, 5) is 15.1. The van der Waals surface area contributed by atoms with E-state index in [9.17, 15) is 4.79 Å². The molecule has 112 valence electrons. The van der Waals surface area contributed by atoms with E-state index in [1.807, 2.05) is 11.8 Å². The Balaban J connectivity index is 0.00000324. The van der Waals surface area contributed by atoms with E-state index in [0.717, 1.165) is 11.2 Å². The third-order valence-corrected chi connectivity index (χ3v) is 4.23. The number of hydrogen-bond acceptors (Lipinski definition) is 4. The number of aliphatic imine (C=N–C) groups is 1. The van der Waals surface area contributed by atoms with Crippen molar-refractivity contribution in [3.63, 3.8) is 0 Å². The van der Waals surface area contributed by atoms with E-state index in [1.165, 1.54) is 26.4 Å². The highest BCUT2D eigenvalue weighted by molar-refractivity contribution is 14.0. The highest BCUT2D eigenvalue weighted by Crippen LogP contribution is 2.27. The number of nitrogens with one attached hydrogen (secondary N) is 2. The third kappa shape index (κ3) is 7.24. The van der Waals surface area contributed by atoms with E-state index < -0.39 is 0 Å². The minimum atomic E-state index is -0.207. The van der Waals surface area contributed by atoms with Crippen molar-refractivity contribution in [1.29, 1.82) is 0 Å². The lowest BCUT2D eigenvalue weighted by Crippen LogP contribution is -2.43. The molecule has 1 fully saturated rings. The molecule has 2 N–H and O–H groups in total. The van der Waals surface area contributed by atoms with Crippen molar-refractivity contribution in [2.45, 2.75) is 37.0 Å². The third-order valence-electron chi connectivity index (χ3n) is 3.13. The second-order valence-electron chi connectivity index (χ2n) is 4.34. The zero-order valence-electron chi connectivity index (χ0n) is 11.8. The highest BCUT2D eigenvalue weighted by Gasteiger charge is 2.24. The summed E-state index contributed by atoms with van der Waals surface area (Å²) in [5.74, 6) is 0.562. The summed E-state index contributed by atoms with van der Waals surface area (Å²) in [6.45, 7) is 0.547. The summed E-state index contributed by atoms with van der Waals surface area (Å²) in [6, 6.07) is 0.492. The van der Waals surface area contributed by atoms with Gasteiger partial charge in [-0.15, -0.1) is 24.0 Å². The number of nitrogens with zero attached hydrogens (tertiary/aromatic N) is 1. The topological polar surface area (TPSA) is 62.7 Å². The van der Waals surface area contributed by atoms with Crippen LogP contribution in [0.25, 0.3) is 0 Å². The second-order valence-corrected chi connectivity index (χ2v) is 5.48. The molecule has 0 bridgehead atoms. The quantitative estimate of drug-likeness (QED) is 0.317. The fourth-order valence-corrected chi connectivity index (χ4v) is 2.85. The number of hydrogen-bond donors (Lipinski definition) is 2. The Hall–Kier alpha value is -0.180. The van der Waals surface area contributed by atoms with Crippen LogP contribution < -0.4 is 10.6 Å². The van der Waals surface area contributed by atoms with Crippen molar-refractivity contribution in [3.05, 3.63) is 0 Å². The fourth-order valence-electron chi connectivity index (χ4n) is 2.06. The molecule has 0 spiro atoms. The van der Waals surface area contributed by atoms with Gasteiger partial charge in [-0.1, -0.05) is 0 Å². The molecule has 1 aliphatic rings. The summed E-state index contributed by atoms with van der Waals surface area (Å²) in [5, 5.41) is 7.28. The largest absolute Gasteiger partial charge is 0.469 e. The molecule has 1 aliphatic carbocycles. The molecule has 0 heterocycles. The van der Waals surface area contributed by atoms with Gasteiger partial charge in [-0.3, -0.25) is 9.79 Å². The molecule has 0 aromatic carbocycles. The van der Waals surface area contributed by atoms with Crippen LogP contribution in [0.5, 0.6) is 0 Å². The maximum Gasteiger partial charge on any atom is 0.307 e. The molecule has 7 heteroatoms. The van der Waals surface area contributed by atoms with Gasteiger partial charge < -0.3 is 15.4 Å². The number of rotatable bonds is 5. The lowest BCUT2D eigenvalue weighted by molar-refractivity contribution is -0.140. The number of halogens is 1. The molecule has 1 saturated carbocycles. The molecule has 0 aliphatic heterocycles. The first kappa shape index (κ1) is 18.8. The van der Waals surface area contributed by atoms with Crippen LogP contribution in [-0.4, -0.2) is 50.2 Å². The lowest BCUT2D eigenvalue weighted by Gasteiger charge is -2.17. The predicted octanol–water partition coefficient (Wildman–Crippen LogP) is 1.62. The Labute approximate surface area is 136 Å². The first-order chi connectivity index (χ1) is 8.69. The number of guanidine groups is 1. The Morgan fingerprint density at radius 3 is 2.74 bits per heavy atom. The van der Waals surface area contributed by atoms with E-state index in [4.69, 9.17) is 0 Å². The second kappa shape index (κ2) is 10.6. The standard InChI is InChI=1S/C12H23N3O2S.HI/c1-13-12(14-7-6-11(16)17-2)15-9-4-5-10(8-9)18-3;/h9-10H,4-8H2,1-3H3,(H2,13,14,15);1H. The van der Waals surface area contributed by atoms with Crippen molar-refractivity contribution in [3.8, 4) is 0 Å². The number of carbonyl (C=O) groups excluding carboxylic acids is 1. The molecule has 19 heavy (non-hydrogen) atoms. The number of ether oxygens (including phenoxy) is 1. The number of esters is 1. The van der Waals surface area contributed by atoms with Gasteiger partial charge in [0.05, 0.1) is 13.5 Å². The van der Waals surface area contributed by atoms with Crippen LogP contribution in [0.2, 0.25) is 0 Å². The normalized spacial score (nSPS) is 22.6. The van der Waals surface area contributed by atoms with Crippen LogP contribution in [-0.2, 0) is 9.53 Å². The monoisotopic (exact) mass is 401 g/mol. The zero-order chi connectivity index (χ0) is 13.4. The van der Waals surface area contributed by atoms with Gasteiger partial charge >= 0.3 is 5.97 Å². The molecule has 0 radical (unpaired) electrons. The van der Waals surface area contributed by atoms with Crippen LogP contribution in [0.15, 0.2) is 4.99 Å². The predicted molar refractivity (Wildman–Crippen MR) is 91.5 cm³/mol. The van der Waals surface area contributed by atoms with Gasteiger partial charge in [-0.2, -0.15) is 11.8 Å². The van der Waals surface area contributed by atoms with Gasteiger partial charge in [-0.25, -0.2) is 0 Å². The van der Waals surface area contributed by atoms with E-state index in [-0.39, 0.29) is 29.9 Å². The van der Waals surface area contributed by atoms with E-state index >= 15 is 0 Å². The minimum absolute atomic E-state index is 0. The summed E-state index contributed by atoms with van der Waals surface area (Å²) in [7, 11) is 3.14. The lowest BCUT2D eigenvalue weighted by atomic mass is 10.2. The average Bonchev–Trinajstić information content (AvgIpc) is 2.84. The van der Waals surface area contributed by atoms with Crippen LogP contribution in [0.4, 0.5) is 0 Å². The van der Waals surface area contributed by atoms with E-state index in [1.54, 1.807) is 7.05 Å². The smallest absolute Gasteiger partial charge is 0.307 e. The number of methoxy groups -OCH3 is 1. The Morgan fingerprint density at radius 1 is 1.47 bits per heavy atom.